The Kier molecular flexibility index (Phi) is 6.89. The van der Waals surface area contributed by atoms with Crippen LogP contribution in [0.2, 0.25) is 0 Å². The van der Waals surface area contributed by atoms with E-state index in [0.717, 1.165) is 11.4 Å². The Balaban J connectivity index is 1.99. The molecule has 2 rings (SSSR count). The lowest BCUT2D eigenvalue weighted by molar-refractivity contribution is -0.122. The highest BCUT2D eigenvalue weighted by Gasteiger charge is 2.19. The van der Waals surface area contributed by atoms with Crippen LogP contribution in [0.25, 0.3) is 0 Å². The number of carbonyl (C=O) groups excluding carboxylic acids is 1. The van der Waals surface area contributed by atoms with Gasteiger partial charge in [0.05, 0.1) is 6.10 Å². The van der Waals surface area contributed by atoms with Gasteiger partial charge < -0.3 is 14.8 Å². The molecule has 2 aromatic rings. The number of benzene rings is 2. The number of carbonyl (C=O) groups is 1. The molecule has 0 spiro atoms. The van der Waals surface area contributed by atoms with Crippen molar-refractivity contribution in [2.24, 2.45) is 0 Å². The molecule has 0 saturated carbocycles. The lowest BCUT2D eigenvalue weighted by atomic mass is 9.87. The molecule has 1 N–H and O–H groups in total. The Morgan fingerprint density at radius 2 is 1.44 bits per heavy atom. The first-order valence-corrected chi connectivity index (χ1v) is 9.54. The smallest absolute Gasteiger partial charge is 0.265 e. The Morgan fingerprint density at radius 3 is 1.93 bits per heavy atom. The fourth-order valence-corrected chi connectivity index (χ4v) is 2.63. The first kappa shape index (κ1) is 20.8. The van der Waals surface area contributed by atoms with E-state index in [1.807, 2.05) is 69.3 Å². The van der Waals surface area contributed by atoms with E-state index in [0.29, 0.717) is 12.2 Å². The summed E-state index contributed by atoms with van der Waals surface area (Å²) < 4.78 is 11.5. The third-order valence-electron chi connectivity index (χ3n) is 4.16. The third-order valence-corrected chi connectivity index (χ3v) is 4.16. The van der Waals surface area contributed by atoms with Crippen LogP contribution in [0.3, 0.4) is 0 Å². The standard InChI is InChI=1S/C23H31NO3/c1-7-21(27-20-12-8-17(9-13-20)23(4,5)6)22(25)24-18-10-14-19(15-11-18)26-16(2)3/h8-16,21H,7H2,1-6H3,(H,24,25)/t21-/m1/s1. The van der Waals surface area contributed by atoms with Crippen molar-refractivity contribution in [1.29, 1.82) is 0 Å². The fraction of sp³-hybridized carbons (Fsp3) is 0.435. The molecular weight excluding hydrogens is 338 g/mol. The summed E-state index contributed by atoms with van der Waals surface area (Å²) in [7, 11) is 0. The van der Waals surface area contributed by atoms with Gasteiger partial charge in [-0.25, -0.2) is 0 Å². The van der Waals surface area contributed by atoms with E-state index in [2.05, 4.69) is 26.1 Å². The van der Waals surface area contributed by atoms with E-state index in [1.54, 1.807) is 0 Å². The van der Waals surface area contributed by atoms with Crippen LogP contribution in [-0.4, -0.2) is 18.1 Å². The molecule has 0 aliphatic heterocycles. The van der Waals surface area contributed by atoms with E-state index in [-0.39, 0.29) is 17.4 Å². The van der Waals surface area contributed by atoms with Crippen molar-refractivity contribution in [3.8, 4) is 11.5 Å². The maximum atomic E-state index is 12.6. The van der Waals surface area contributed by atoms with Gasteiger partial charge in [0, 0.05) is 5.69 Å². The van der Waals surface area contributed by atoms with Crippen LogP contribution in [-0.2, 0) is 10.2 Å². The molecule has 4 nitrogen and oxygen atoms in total. The van der Waals surface area contributed by atoms with E-state index in [4.69, 9.17) is 9.47 Å². The molecule has 0 saturated heterocycles. The zero-order valence-corrected chi connectivity index (χ0v) is 17.2. The number of nitrogens with one attached hydrogen (secondary N) is 1. The van der Waals surface area contributed by atoms with Crippen molar-refractivity contribution in [2.75, 3.05) is 5.32 Å². The van der Waals surface area contributed by atoms with Crippen molar-refractivity contribution in [3.05, 3.63) is 54.1 Å². The highest BCUT2D eigenvalue weighted by atomic mass is 16.5. The highest BCUT2D eigenvalue weighted by molar-refractivity contribution is 5.94. The second kappa shape index (κ2) is 8.94. The van der Waals surface area contributed by atoms with Gasteiger partial charge in [-0.15, -0.1) is 0 Å². The lowest BCUT2D eigenvalue weighted by Gasteiger charge is -2.21. The molecule has 0 aliphatic carbocycles. The summed E-state index contributed by atoms with van der Waals surface area (Å²) in [5.74, 6) is 1.32. The number of ether oxygens (including phenoxy) is 2. The van der Waals surface area contributed by atoms with Crippen molar-refractivity contribution < 1.29 is 14.3 Å². The maximum absolute atomic E-state index is 12.6. The van der Waals surface area contributed by atoms with Crippen LogP contribution in [0.5, 0.6) is 11.5 Å². The van der Waals surface area contributed by atoms with Crippen LogP contribution in [0.1, 0.15) is 53.5 Å². The van der Waals surface area contributed by atoms with Gasteiger partial charge in [-0.2, -0.15) is 0 Å². The number of hydrogen-bond acceptors (Lipinski definition) is 3. The second-order valence-corrected chi connectivity index (χ2v) is 7.97. The molecule has 0 aliphatic rings. The van der Waals surface area contributed by atoms with Crippen molar-refractivity contribution in [2.45, 2.75) is 65.6 Å². The topological polar surface area (TPSA) is 47.6 Å². The minimum absolute atomic E-state index is 0.0888. The summed E-state index contributed by atoms with van der Waals surface area (Å²) in [5.41, 5.74) is 2.04. The van der Waals surface area contributed by atoms with E-state index < -0.39 is 6.10 Å². The Morgan fingerprint density at radius 1 is 0.926 bits per heavy atom. The van der Waals surface area contributed by atoms with Gasteiger partial charge in [-0.1, -0.05) is 39.8 Å². The Labute approximate surface area is 162 Å². The highest BCUT2D eigenvalue weighted by Crippen LogP contribution is 2.25. The first-order valence-electron chi connectivity index (χ1n) is 9.54. The summed E-state index contributed by atoms with van der Waals surface area (Å²) in [6.45, 7) is 12.4. The maximum Gasteiger partial charge on any atom is 0.265 e. The molecule has 0 radical (unpaired) electrons. The van der Waals surface area contributed by atoms with Gasteiger partial charge in [0.25, 0.3) is 5.91 Å². The predicted octanol–water partition coefficient (Wildman–Crippen LogP) is 5.57. The minimum atomic E-state index is -0.544. The molecule has 0 heterocycles. The fourth-order valence-electron chi connectivity index (χ4n) is 2.63. The van der Waals surface area contributed by atoms with E-state index in [9.17, 15) is 4.79 Å². The SMILES string of the molecule is CC[C@@H](Oc1ccc(C(C)(C)C)cc1)C(=O)Nc1ccc(OC(C)C)cc1. The van der Waals surface area contributed by atoms with E-state index in [1.165, 1.54) is 5.56 Å². The molecule has 2 aromatic carbocycles. The monoisotopic (exact) mass is 369 g/mol. The molecule has 0 bridgehead atoms. The van der Waals surface area contributed by atoms with Gasteiger partial charge in [0.2, 0.25) is 0 Å². The molecule has 1 amide bonds. The normalized spacial score (nSPS) is 12.6. The van der Waals surface area contributed by atoms with Gasteiger partial charge in [0.1, 0.15) is 11.5 Å². The van der Waals surface area contributed by atoms with Gasteiger partial charge >= 0.3 is 0 Å². The molecule has 1 atom stereocenters. The largest absolute Gasteiger partial charge is 0.491 e. The van der Waals surface area contributed by atoms with Crippen LogP contribution in [0.4, 0.5) is 5.69 Å². The van der Waals surface area contributed by atoms with Crippen LogP contribution >= 0.6 is 0 Å². The third kappa shape index (κ3) is 6.31. The zero-order valence-electron chi connectivity index (χ0n) is 17.2. The molecule has 0 aromatic heterocycles. The average Bonchev–Trinajstić information content (AvgIpc) is 2.60. The summed E-state index contributed by atoms with van der Waals surface area (Å²) in [6, 6.07) is 15.3. The number of hydrogen-bond donors (Lipinski definition) is 1. The quantitative estimate of drug-likeness (QED) is 0.694. The van der Waals surface area contributed by atoms with Gasteiger partial charge in [0.15, 0.2) is 6.10 Å². The number of anilines is 1. The summed E-state index contributed by atoms with van der Waals surface area (Å²) >= 11 is 0. The zero-order chi connectivity index (χ0) is 20.0. The average molecular weight is 370 g/mol. The molecular formula is C23H31NO3. The minimum Gasteiger partial charge on any atom is -0.491 e. The lowest BCUT2D eigenvalue weighted by Crippen LogP contribution is -2.32. The molecule has 4 heteroatoms. The predicted molar refractivity (Wildman–Crippen MR) is 111 cm³/mol. The molecule has 0 unspecified atom stereocenters. The Bertz CT molecular complexity index is 728. The van der Waals surface area contributed by atoms with Gasteiger partial charge in [-0.05, 0) is 67.6 Å². The van der Waals surface area contributed by atoms with Crippen LogP contribution in [0, 0.1) is 0 Å². The van der Waals surface area contributed by atoms with Gasteiger partial charge in [-0.3, -0.25) is 4.79 Å². The second-order valence-electron chi connectivity index (χ2n) is 7.97. The molecule has 0 fully saturated rings. The number of amides is 1. The first-order chi connectivity index (χ1) is 12.7. The summed E-state index contributed by atoms with van der Waals surface area (Å²) in [4.78, 5) is 12.6. The summed E-state index contributed by atoms with van der Waals surface area (Å²) in [5, 5.41) is 2.91. The van der Waals surface area contributed by atoms with Crippen LogP contribution < -0.4 is 14.8 Å². The Hall–Kier alpha value is -2.49. The van der Waals surface area contributed by atoms with E-state index >= 15 is 0 Å². The number of rotatable bonds is 7. The van der Waals surface area contributed by atoms with Crippen molar-refractivity contribution >= 4 is 11.6 Å². The summed E-state index contributed by atoms with van der Waals surface area (Å²) in [6.07, 6.45) is 0.159. The van der Waals surface area contributed by atoms with Crippen molar-refractivity contribution in [3.63, 3.8) is 0 Å². The molecule has 27 heavy (non-hydrogen) atoms. The van der Waals surface area contributed by atoms with Crippen molar-refractivity contribution in [1.82, 2.24) is 0 Å². The molecule has 146 valence electrons. The van der Waals surface area contributed by atoms with Crippen LogP contribution in [0.15, 0.2) is 48.5 Å².